The molecule has 0 amide bonds. The first-order chi connectivity index (χ1) is 11.5. The van der Waals surface area contributed by atoms with Crippen LogP contribution in [-0.2, 0) is 4.79 Å². The third-order valence-corrected chi connectivity index (χ3v) is 4.10. The van der Waals surface area contributed by atoms with Gasteiger partial charge in [-0.2, -0.15) is 0 Å². The number of allylic oxidation sites excluding steroid dienone is 2. The van der Waals surface area contributed by atoms with E-state index in [4.69, 9.17) is 22.1 Å². The Balaban J connectivity index is 2.34. The van der Waals surface area contributed by atoms with Crippen LogP contribution in [0.3, 0.4) is 0 Å². The Hall–Kier alpha value is -2.39. The first-order valence-corrected chi connectivity index (χ1v) is 8.18. The molecule has 24 heavy (non-hydrogen) atoms. The van der Waals surface area contributed by atoms with Crippen LogP contribution in [0.4, 0.5) is 0 Å². The van der Waals surface area contributed by atoms with Crippen LogP contribution in [0.25, 0.3) is 5.57 Å². The Morgan fingerprint density at radius 3 is 2.46 bits per heavy atom. The van der Waals surface area contributed by atoms with Gasteiger partial charge in [-0.25, -0.2) is 0 Å². The number of hydrogen-bond donors (Lipinski definition) is 2. The average molecular weight is 342 g/mol. The Bertz CT molecular complexity index is 753. The topological polar surface area (TPSA) is 61.1 Å². The molecule has 0 heterocycles. The van der Waals surface area contributed by atoms with E-state index in [9.17, 15) is 4.79 Å². The average Bonchev–Trinajstić information content (AvgIpc) is 2.58. The van der Waals surface area contributed by atoms with Gasteiger partial charge < -0.3 is 10.5 Å². The predicted molar refractivity (Wildman–Crippen MR) is 98.7 cm³/mol. The van der Waals surface area contributed by atoms with E-state index in [1.807, 2.05) is 55.5 Å². The van der Waals surface area contributed by atoms with Crippen molar-refractivity contribution in [1.82, 2.24) is 0 Å². The minimum atomic E-state index is -0.806. The lowest BCUT2D eigenvalue weighted by Gasteiger charge is -2.16. The molecule has 2 N–H and O–H groups in total. The van der Waals surface area contributed by atoms with Crippen LogP contribution in [0.2, 0.25) is 5.02 Å². The van der Waals surface area contributed by atoms with Gasteiger partial charge in [0.15, 0.2) is 0 Å². The minimum Gasteiger partial charge on any atom is -0.481 e. The number of carboxylic acids is 1. The zero-order valence-electron chi connectivity index (χ0n) is 13.5. The van der Waals surface area contributed by atoms with Crippen LogP contribution in [0.1, 0.15) is 30.9 Å². The molecule has 3 nitrogen and oxygen atoms in total. The van der Waals surface area contributed by atoms with E-state index in [0.29, 0.717) is 17.2 Å². The van der Waals surface area contributed by atoms with Gasteiger partial charge in [-0.05, 0) is 41.7 Å². The van der Waals surface area contributed by atoms with Crippen molar-refractivity contribution in [2.24, 2.45) is 5.92 Å². The summed E-state index contributed by atoms with van der Waals surface area (Å²) < 4.78 is 0. The van der Waals surface area contributed by atoms with E-state index in [1.54, 1.807) is 12.1 Å². The number of halogens is 1. The Morgan fingerprint density at radius 2 is 1.83 bits per heavy atom. The minimum absolute atomic E-state index is 0.0306. The van der Waals surface area contributed by atoms with Crippen LogP contribution in [0, 0.1) is 11.3 Å². The van der Waals surface area contributed by atoms with E-state index in [1.165, 1.54) is 0 Å². The van der Waals surface area contributed by atoms with Crippen molar-refractivity contribution in [3.8, 4) is 0 Å². The normalized spacial score (nSPS) is 12.7. The van der Waals surface area contributed by atoms with Crippen molar-refractivity contribution in [2.45, 2.75) is 19.8 Å². The smallest absolute Gasteiger partial charge is 0.303 e. The van der Waals surface area contributed by atoms with E-state index in [-0.39, 0.29) is 12.3 Å². The lowest BCUT2D eigenvalue weighted by atomic mass is 9.88. The highest BCUT2D eigenvalue weighted by Gasteiger charge is 2.14. The summed E-state index contributed by atoms with van der Waals surface area (Å²) in [5.74, 6) is -0.776. The summed E-state index contributed by atoms with van der Waals surface area (Å²) in [7, 11) is 0. The van der Waals surface area contributed by atoms with Gasteiger partial charge in [-0.15, -0.1) is 0 Å². The summed E-state index contributed by atoms with van der Waals surface area (Å²) in [6, 6.07) is 17.0. The second-order valence-electron chi connectivity index (χ2n) is 5.72. The first-order valence-electron chi connectivity index (χ1n) is 7.80. The van der Waals surface area contributed by atoms with Crippen LogP contribution < -0.4 is 0 Å². The van der Waals surface area contributed by atoms with Crippen molar-refractivity contribution in [3.05, 3.63) is 76.8 Å². The number of nitrogens with one attached hydrogen (secondary N) is 1. The quantitative estimate of drug-likeness (QED) is 0.672. The first kappa shape index (κ1) is 18.0. The molecule has 1 unspecified atom stereocenters. The Kier molecular flexibility index (Phi) is 6.33. The number of carboxylic acid groups (broad SMARTS) is 1. The molecule has 1 atom stereocenters. The zero-order chi connectivity index (χ0) is 17.5. The number of rotatable bonds is 7. The van der Waals surface area contributed by atoms with Crippen molar-refractivity contribution < 1.29 is 9.90 Å². The van der Waals surface area contributed by atoms with Crippen LogP contribution in [0.5, 0.6) is 0 Å². The van der Waals surface area contributed by atoms with Crippen molar-refractivity contribution in [2.75, 3.05) is 0 Å². The van der Waals surface area contributed by atoms with Crippen molar-refractivity contribution in [3.63, 3.8) is 0 Å². The summed E-state index contributed by atoms with van der Waals surface area (Å²) in [5, 5.41) is 17.9. The Labute approximate surface area is 147 Å². The highest BCUT2D eigenvalue weighted by atomic mass is 35.5. The molecular weight excluding hydrogens is 322 g/mol. The highest BCUT2D eigenvalue weighted by molar-refractivity contribution is 6.31. The third kappa shape index (κ3) is 5.07. The van der Waals surface area contributed by atoms with Gasteiger partial charge in [-0.3, -0.25) is 4.79 Å². The molecule has 0 aliphatic carbocycles. The second kappa shape index (κ2) is 8.46. The standard InChI is InChI=1S/C20H20ClNO2/c1-14(10-11-20(23)24)18(15-6-3-2-4-7-15)13-19(22)16-8-5-9-17(21)12-16/h2-9,12-14,22H,10-11H2,1H3,(H,23,24). The molecule has 0 aliphatic rings. The van der Waals surface area contributed by atoms with Crippen molar-refractivity contribution in [1.29, 1.82) is 5.41 Å². The van der Waals surface area contributed by atoms with Gasteiger partial charge >= 0.3 is 5.97 Å². The molecule has 0 bridgehead atoms. The monoisotopic (exact) mass is 341 g/mol. The van der Waals surface area contributed by atoms with Crippen LogP contribution in [-0.4, -0.2) is 16.8 Å². The molecular formula is C20H20ClNO2. The van der Waals surface area contributed by atoms with Gasteiger partial charge in [0.1, 0.15) is 0 Å². The molecule has 0 aliphatic heterocycles. The highest BCUT2D eigenvalue weighted by Crippen LogP contribution is 2.27. The predicted octanol–water partition coefficient (Wildman–Crippen LogP) is 5.29. The maximum absolute atomic E-state index is 10.9. The largest absolute Gasteiger partial charge is 0.481 e. The van der Waals surface area contributed by atoms with Crippen LogP contribution in [0.15, 0.2) is 60.7 Å². The van der Waals surface area contributed by atoms with E-state index in [0.717, 1.165) is 16.7 Å². The van der Waals surface area contributed by atoms with Gasteiger partial charge in [0.05, 0.1) is 5.71 Å². The lowest BCUT2D eigenvalue weighted by molar-refractivity contribution is -0.137. The fourth-order valence-corrected chi connectivity index (χ4v) is 2.72. The van der Waals surface area contributed by atoms with Gasteiger partial charge in [0.2, 0.25) is 0 Å². The van der Waals surface area contributed by atoms with E-state index in [2.05, 4.69) is 0 Å². The molecule has 0 spiro atoms. The summed E-state index contributed by atoms with van der Waals surface area (Å²) >= 11 is 6.01. The van der Waals surface area contributed by atoms with E-state index >= 15 is 0 Å². The number of carbonyl (C=O) groups is 1. The fraction of sp³-hybridized carbons (Fsp3) is 0.200. The zero-order valence-corrected chi connectivity index (χ0v) is 14.3. The van der Waals surface area contributed by atoms with Crippen LogP contribution >= 0.6 is 11.6 Å². The third-order valence-electron chi connectivity index (χ3n) is 3.86. The molecule has 4 heteroatoms. The molecule has 2 rings (SSSR count). The lowest BCUT2D eigenvalue weighted by Crippen LogP contribution is -2.06. The summed E-state index contributed by atoms with van der Waals surface area (Å²) in [4.78, 5) is 10.9. The molecule has 0 saturated carbocycles. The molecule has 2 aromatic rings. The van der Waals surface area contributed by atoms with Crippen molar-refractivity contribution >= 4 is 28.9 Å². The Morgan fingerprint density at radius 1 is 1.17 bits per heavy atom. The maximum Gasteiger partial charge on any atom is 0.303 e. The summed E-state index contributed by atoms with van der Waals surface area (Å²) in [5.41, 5.74) is 3.06. The molecule has 0 radical (unpaired) electrons. The van der Waals surface area contributed by atoms with E-state index < -0.39 is 5.97 Å². The fourth-order valence-electron chi connectivity index (χ4n) is 2.53. The SMILES string of the molecule is CC(CCC(=O)O)C(=CC(=N)c1cccc(Cl)c1)c1ccccc1. The summed E-state index contributed by atoms with van der Waals surface area (Å²) in [6.45, 7) is 1.99. The van der Waals surface area contributed by atoms with Gasteiger partial charge in [0.25, 0.3) is 0 Å². The molecule has 2 aromatic carbocycles. The number of hydrogen-bond acceptors (Lipinski definition) is 2. The molecule has 0 saturated heterocycles. The molecule has 0 fully saturated rings. The number of benzene rings is 2. The number of aliphatic carboxylic acids is 1. The maximum atomic E-state index is 10.9. The van der Waals surface area contributed by atoms with Gasteiger partial charge in [-0.1, -0.05) is 61.0 Å². The van der Waals surface area contributed by atoms with Gasteiger partial charge in [0, 0.05) is 17.0 Å². The summed E-state index contributed by atoms with van der Waals surface area (Å²) in [6.07, 6.45) is 2.45. The second-order valence-corrected chi connectivity index (χ2v) is 6.16. The molecule has 0 aromatic heterocycles. The molecule has 124 valence electrons.